The van der Waals surface area contributed by atoms with Gasteiger partial charge in [0.05, 0.1) is 16.6 Å². The fraction of sp³-hybridized carbons (Fsp3) is 0.0476. The predicted octanol–water partition coefficient (Wildman–Crippen LogP) is 5.64. The second-order valence-electron chi connectivity index (χ2n) is 6.29. The van der Waals surface area contributed by atoms with E-state index in [9.17, 15) is 22.4 Å². The Labute approximate surface area is 162 Å². The third-order valence-corrected chi connectivity index (χ3v) is 4.33. The number of hydrogen-bond donors (Lipinski definition) is 2. The molecule has 1 heterocycles. The van der Waals surface area contributed by atoms with Crippen molar-refractivity contribution in [2.75, 3.05) is 5.32 Å². The molecule has 0 unspecified atom stereocenters. The van der Waals surface area contributed by atoms with Gasteiger partial charge in [0, 0.05) is 11.3 Å². The summed E-state index contributed by atoms with van der Waals surface area (Å²) < 4.78 is 53.7. The maximum atomic E-state index is 13.7. The van der Waals surface area contributed by atoms with Gasteiger partial charge in [0.25, 0.3) is 5.91 Å². The van der Waals surface area contributed by atoms with Crippen LogP contribution in [-0.4, -0.2) is 15.9 Å². The molecule has 4 aromatic rings. The number of aromatic amines is 1. The lowest BCUT2D eigenvalue weighted by atomic mass is 10.1. The van der Waals surface area contributed by atoms with Crippen molar-refractivity contribution in [2.24, 2.45) is 0 Å². The number of hydrogen-bond acceptors (Lipinski definition) is 2. The van der Waals surface area contributed by atoms with Crippen LogP contribution in [0.2, 0.25) is 0 Å². The molecule has 146 valence electrons. The summed E-state index contributed by atoms with van der Waals surface area (Å²) in [4.78, 5) is 19.6. The molecule has 0 aliphatic rings. The molecule has 0 spiro atoms. The number of aromatic nitrogens is 2. The highest BCUT2D eigenvalue weighted by Crippen LogP contribution is 2.37. The smallest absolute Gasteiger partial charge is 0.338 e. The molecule has 3 aromatic carbocycles. The van der Waals surface area contributed by atoms with Gasteiger partial charge in [0.15, 0.2) is 0 Å². The van der Waals surface area contributed by atoms with E-state index in [1.54, 1.807) is 42.5 Å². The number of carbonyl (C=O) groups excluding carboxylic acids is 1. The second-order valence-corrected chi connectivity index (χ2v) is 6.29. The molecule has 1 amide bonds. The molecule has 29 heavy (non-hydrogen) atoms. The summed E-state index contributed by atoms with van der Waals surface area (Å²) in [5, 5.41) is 2.71. The molecule has 1 aromatic heterocycles. The van der Waals surface area contributed by atoms with Gasteiger partial charge < -0.3 is 10.3 Å². The molecule has 2 N–H and O–H groups in total. The van der Waals surface area contributed by atoms with Crippen molar-refractivity contribution in [2.45, 2.75) is 6.18 Å². The molecule has 0 atom stereocenters. The first kappa shape index (κ1) is 18.7. The van der Waals surface area contributed by atoms with Gasteiger partial charge in [-0.3, -0.25) is 4.79 Å². The molecule has 8 heteroatoms. The molecule has 0 radical (unpaired) electrons. The minimum atomic E-state index is -4.68. The number of H-pyrrole nitrogens is 1. The van der Waals surface area contributed by atoms with Gasteiger partial charge >= 0.3 is 6.18 Å². The van der Waals surface area contributed by atoms with Gasteiger partial charge in [-0.05, 0) is 42.5 Å². The summed E-state index contributed by atoms with van der Waals surface area (Å²) in [5.41, 5.74) is -0.156. The Kier molecular flexibility index (Phi) is 4.54. The Morgan fingerprint density at radius 1 is 0.966 bits per heavy atom. The number of carbonyl (C=O) groups is 1. The number of alkyl halides is 3. The maximum absolute atomic E-state index is 13.7. The van der Waals surface area contributed by atoms with Crippen LogP contribution in [0.4, 0.5) is 23.2 Å². The molecule has 0 bridgehead atoms. The van der Waals surface area contributed by atoms with Crippen molar-refractivity contribution in [3.8, 4) is 11.4 Å². The molecule has 4 nitrogen and oxygen atoms in total. The summed E-state index contributed by atoms with van der Waals surface area (Å²) in [7, 11) is 0. The number of fused-ring (bicyclic) bond motifs is 1. The lowest BCUT2D eigenvalue weighted by molar-refractivity contribution is -0.137. The van der Waals surface area contributed by atoms with Crippen LogP contribution in [-0.2, 0) is 6.18 Å². The van der Waals surface area contributed by atoms with E-state index in [-0.39, 0.29) is 16.9 Å². The van der Waals surface area contributed by atoms with Gasteiger partial charge in [0.1, 0.15) is 17.2 Å². The van der Waals surface area contributed by atoms with Crippen molar-refractivity contribution in [1.82, 2.24) is 9.97 Å². The Morgan fingerprint density at radius 3 is 2.45 bits per heavy atom. The highest BCUT2D eigenvalue weighted by Gasteiger charge is 2.34. The maximum Gasteiger partial charge on any atom is 0.417 e. The number of amides is 1. The van der Waals surface area contributed by atoms with Crippen LogP contribution in [0.25, 0.3) is 22.4 Å². The van der Waals surface area contributed by atoms with Crippen molar-refractivity contribution in [3.05, 3.63) is 83.7 Å². The third kappa shape index (κ3) is 3.69. The van der Waals surface area contributed by atoms with E-state index in [1.807, 2.05) is 0 Å². The van der Waals surface area contributed by atoms with E-state index in [1.165, 1.54) is 6.07 Å². The van der Waals surface area contributed by atoms with E-state index in [0.29, 0.717) is 17.3 Å². The summed E-state index contributed by atoms with van der Waals surface area (Å²) in [6.07, 6.45) is -4.68. The molecule has 0 fully saturated rings. The highest BCUT2D eigenvalue weighted by molar-refractivity contribution is 6.11. The number of nitrogens with zero attached hydrogens (tertiary/aromatic N) is 1. The van der Waals surface area contributed by atoms with Crippen molar-refractivity contribution in [1.29, 1.82) is 0 Å². The van der Waals surface area contributed by atoms with E-state index in [2.05, 4.69) is 15.3 Å². The number of anilines is 1. The van der Waals surface area contributed by atoms with Crippen molar-refractivity contribution in [3.63, 3.8) is 0 Å². The van der Waals surface area contributed by atoms with Crippen LogP contribution in [0.3, 0.4) is 0 Å². The molecule has 4 rings (SSSR count). The first-order valence-corrected chi connectivity index (χ1v) is 8.55. The number of rotatable bonds is 3. The van der Waals surface area contributed by atoms with Crippen LogP contribution < -0.4 is 5.32 Å². The molecular weight excluding hydrogens is 386 g/mol. The Bertz CT molecular complexity index is 1200. The van der Waals surface area contributed by atoms with Crippen LogP contribution >= 0.6 is 0 Å². The monoisotopic (exact) mass is 399 g/mol. The van der Waals surface area contributed by atoms with Gasteiger partial charge in [0.2, 0.25) is 0 Å². The zero-order valence-electron chi connectivity index (χ0n) is 14.7. The average Bonchev–Trinajstić information content (AvgIpc) is 3.12. The third-order valence-electron chi connectivity index (χ3n) is 4.33. The predicted molar refractivity (Wildman–Crippen MR) is 101 cm³/mol. The Hall–Kier alpha value is -3.68. The quantitative estimate of drug-likeness (QED) is 0.438. The highest BCUT2D eigenvalue weighted by atomic mass is 19.4. The van der Waals surface area contributed by atoms with Gasteiger partial charge in [-0.2, -0.15) is 13.2 Å². The fourth-order valence-corrected chi connectivity index (χ4v) is 3.02. The average molecular weight is 399 g/mol. The standard InChI is InChI=1S/C21H13F4N3O/c22-12-9-10-16(21(23,24)25)15(11-12)19-27-17-8-4-7-14(18(17)28-19)20(29)26-13-5-2-1-3-6-13/h1-11H,(H,26,29)(H,27,28). The van der Waals surface area contributed by atoms with E-state index in [4.69, 9.17) is 0 Å². The molecule has 0 saturated heterocycles. The fourth-order valence-electron chi connectivity index (χ4n) is 3.02. The van der Waals surface area contributed by atoms with E-state index < -0.39 is 29.0 Å². The summed E-state index contributed by atoms with van der Waals surface area (Å²) in [6.45, 7) is 0. The lowest BCUT2D eigenvalue weighted by Crippen LogP contribution is -2.12. The first-order valence-electron chi connectivity index (χ1n) is 8.55. The number of imidazole rings is 1. The topological polar surface area (TPSA) is 57.8 Å². The van der Waals surface area contributed by atoms with Crippen LogP contribution in [0.15, 0.2) is 66.7 Å². The molecule has 0 aliphatic carbocycles. The minimum Gasteiger partial charge on any atom is -0.338 e. The van der Waals surface area contributed by atoms with E-state index in [0.717, 1.165) is 12.1 Å². The largest absolute Gasteiger partial charge is 0.417 e. The summed E-state index contributed by atoms with van der Waals surface area (Å²) in [5.74, 6) is -1.46. The van der Waals surface area contributed by atoms with Crippen molar-refractivity contribution < 1.29 is 22.4 Å². The Morgan fingerprint density at radius 2 is 1.72 bits per heavy atom. The summed E-state index contributed by atoms with van der Waals surface area (Å²) >= 11 is 0. The number of halogens is 4. The van der Waals surface area contributed by atoms with Crippen LogP contribution in [0.1, 0.15) is 15.9 Å². The second kappa shape index (κ2) is 7.05. The molecule has 0 saturated carbocycles. The summed E-state index contributed by atoms with van der Waals surface area (Å²) in [6, 6.07) is 15.6. The van der Waals surface area contributed by atoms with Crippen LogP contribution in [0, 0.1) is 5.82 Å². The van der Waals surface area contributed by atoms with Gasteiger partial charge in [-0.25, -0.2) is 9.37 Å². The van der Waals surface area contributed by atoms with Crippen LogP contribution in [0.5, 0.6) is 0 Å². The Balaban J connectivity index is 1.80. The zero-order valence-corrected chi connectivity index (χ0v) is 14.7. The number of benzene rings is 3. The SMILES string of the molecule is O=C(Nc1ccccc1)c1cccc2[nH]c(-c3cc(F)ccc3C(F)(F)F)nc12. The lowest BCUT2D eigenvalue weighted by Gasteiger charge is -2.11. The molecule has 0 aliphatic heterocycles. The van der Waals surface area contributed by atoms with E-state index >= 15 is 0 Å². The first-order chi connectivity index (χ1) is 13.8. The minimum absolute atomic E-state index is 0.174. The normalized spacial score (nSPS) is 11.6. The zero-order chi connectivity index (χ0) is 20.6. The van der Waals surface area contributed by atoms with Gasteiger partial charge in [-0.15, -0.1) is 0 Å². The van der Waals surface area contributed by atoms with Crippen molar-refractivity contribution >= 4 is 22.6 Å². The van der Waals surface area contributed by atoms with Gasteiger partial charge in [-0.1, -0.05) is 24.3 Å². The molecular formula is C21H13F4N3O. The number of para-hydroxylation sites is 2. The number of nitrogens with one attached hydrogen (secondary N) is 2.